The van der Waals surface area contributed by atoms with Crippen molar-refractivity contribution in [3.63, 3.8) is 0 Å². The Morgan fingerprint density at radius 3 is 1.89 bits per heavy atom. The van der Waals surface area contributed by atoms with E-state index in [-0.39, 0.29) is 6.42 Å². The Morgan fingerprint density at radius 1 is 0.921 bits per heavy atom. The molecule has 212 valence electrons. The van der Waals surface area contributed by atoms with Crippen LogP contribution in [0.15, 0.2) is 91.6 Å². The van der Waals surface area contributed by atoms with Crippen LogP contribution < -0.4 is 10.5 Å². The number of carboxylic acid groups (broad SMARTS) is 1. The van der Waals surface area contributed by atoms with E-state index in [2.05, 4.69) is 69.2 Å². The zero-order valence-electron chi connectivity index (χ0n) is 24.8. The Kier molecular flexibility index (Phi) is 23.6. The number of hydrogen-bond donors (Lipinski definition) is 2. The molecule has 0 heterocycles. The maximum absolute atomic E-state index is 11.1. The van der Waals surface area contributed by atoms with Gasteiger partial charge in [-0.15, -0.1) is 0 Å². The average Bonchev–Trinajstić information content (AvgIpc) is 2.97. The summed E-state index contributed by atoms with van der Waals surface area (Å²) < 4.78 is 5.28. The summed E-state index contributed by atoms with van der Waals surface area (Å²) in [5.74, 6) is 0.0398. The number of carboxylic acids is 1. The van der Waals surface area contributed by atoms with Gasteiger partial charge in [0.05, 0.1) is 19.1 Å². The first-order chi connectivity index (χ1) is 18.3. The second kappa shape index (κ2) is 24.2. The molecule has 5 nitrogen and oxygen atoms in total. The molecule has 0 aromatic heterocycles. The number of nitrogens with zero attached hydrogens (tertiary/aromatic N) is 1. The molecule has 0 saturated carbocycles. The zero-order valence-corrected chi connectivity index (χ0v) is 24.8. The molecule has 5 heteroatoms. The van der Waals surface area contributed by atoms with Gasteiger partial charge in [0.1, 0.15) is 5.75 Å². The topological polar surface area (TPSA) is 75.8 Å². The van der Waals surface area contributed by atoms with E-state index in [4.69, 9.17) is 9.84 Å². The van der Waals surface area contributed by atoms with Crippen molar-refractivity contribution in [2.45, 2.75) is 65.8 Å². The van der Waals surface area contributed by atoms with Crippen molar-refractivity contribution in [3.05, 3.63) is 103 Å². The highest BCUT2D eigenvalue weighted by atomic mass is 16.5. The summed E-state index contributed by atoms with van der Waals surface area (Å²) in [4.78, 5) is 13.4. The number of benzene rings is 2. The fraction of sp³-hybridized carbons (Fsp3) is 0.424. The van der Waals surface area contributed by atoms with Crippen LogP contribution >= 0.6 is 0 Å². The molecule has 2 aromatic carbocycles. The van der Waals surface area contributed by atoms with Crippen LogP contribution in [0, 0.1) is 0 Å². The summed E-state index contributed by atoms with van der Waals surface area (Å²) >= 11 is 0. The van der Waals surface area contributed by atoms with Crippen LogP contribution in [0.5, 0.6) is 5.75 Å². The monoisotopic (exact) mass is 524 g/mol. The van der Waals surface area contributed by atoms with Crippen molar-refractivity contribution in [1.82, 2.24) is 4.90 Å². The molecule has 0 aliphatic rings. The molecule has 0 bridgehead atoms. The van der Waals surface area contributed by atoms with Crippen molar-refractivity contribution in [2.24, 2.45) is 5.73 Å². The van der Waals surface area contributed by atoms with E-state index < -0.39 is 11.5 Å². The molecule has 3 N–H and O–H groups in total. The van der Waals surface area contributed by atoms with E-state index in [9.17, 15) is 4.79 Å². The van der Waals surface area contributed by atoms with Crippen LogP contribution in [0.3, 0.4) is 0 Å². The van der Waals surface area contributed by atoms with Crippen molar-refractivity contribution in [1.29, 1.82) is 0 Å². The second-order valence-electron chi connectivity index (χ2n) is 8.44. The summed E-state index contributed by atoms with van der Waals surface area (Å²) in [6.07, 6.45) is 13.2. The highest BCUT2D eigenvalue weighted by Crippen LogP contribution is 2.36. The minimum Gasteiger partial charge on any atom is -0.497 e. The molecule has 0 amide bonds. The van der Waals surface area contributed by atoms with Crippen LogP contribution in [-0.2, 0) is 10.3 Å². The molecule has 1 atom stereocenters. The number of hydrogen-bond acceptors (Lipinski definition) is 4. The first-order valence-corrected chi connectivity index (χ1v) is 13.5. The lowest BCUT2D eigenvalue weighted by Gasteiger charge is -2.42. The third-order valence-corrected chi connectivity index (χ3v) is 5.76. The van der Waals surface area contributed by atoms with E-state index >= 15 is 0 Å². The molecule has 38 heavy (non-hydrogen) atoms. The molecular formula is C33H52N2O3. The smallest absolute Gasteiger partial charge is 0.304 e. The molecule has 0 aliphatic heterocycles. The van der Waals surface area contributed by atoms with Crippen LogP contribution in [0.25, 0.3) is 0 Å². The molecular weight excluding hydrogens is 472 g/mol. The quantitative estimate of drug-likeness (QED) is 0.277. The second-order valence-corrected chi connectivity index (χ2v) is 8.44. The van der Waals surface area contributed by atoms with Crippen molar-refractivity contribution in [2.75, 3.05) is 27.2 Å². The van der Waals surface area contributed by atoms with Gasteiger partial charge in [-0.3, -0.25) is 9.69 Å². The first kappa shape index (κ1) is 37.0. The Morgan fingerprint density at radius 2 is 1.47 bits per heavy atom. The van der Waals surface area contributed by atoms with Gasteiger partial charge in [-0.1, -0.05) is 113 Å². The number of unbranched alkanes of at least 4 members (excludes halogenated alkanes) is 1. The molecule has 0 aliphatic carbocycles. The summed E-state index contributed by atoms with van der Waals surface area (Å²) in [5.41, 5.74) is 6.37. The third kappa shape index (κ3) is 14.6. The standard InChI is InChI=1S/C21H27NO3.C7H10.C4H10.CH5N/c1-4-15-22(16-14-20(23)24)21(2,17-8-6-5-7-9-17)18-10-12-19(25-3)13-11-18;1-3-5-7-6-4-2;1-3-4-2;1-2/h5-13H,4,14-16H2,1-3H3,(H,23,24);3-7H,1H2,2H3;3-4H2,1-2H3;2H2,1H3/b;6-4-,7-5-;;. The first-order valence-electron chi connectivity index (χ1n) is 13.5. The number of methoxy groups -OCH3 is 1. The predicted octanol–water partition coefficient (Wildman–Crippen LogP) is 7.83. The average molecular weight is 525 g/mol. The van der Waals surface area contributed by atoms with Crippen LogP contribution in [0.2, 0.25) is 0 Å². The Balaban J connectivity index is 0. The molecule has 0 fully saturated rings. The van der Waals surface area contributed by atoms with E-state index in [1.165, 1.54) is 19.9 Å². The lowest BCUT2D eigenvalue weighted by molar-refractivity contribution is -0.137. The largest absolute Gasteiger partial charge is 0.497 e. The number of carbonyl (C=O) groups is 1. The summed E-state index contributed by atoms with van der Waals surface area (Å²) in [5, 5.41) is 9.16. The van der Waals surface area contributed by atoms with E-state index in [0.717, 1.165) is 29.8 Å². The van der Waals surface area contributed by atoms with Crippen LogP contribution in [-0.4, -0.2) is 43.2 Å². The predicted molar refractivity (Wildman–Crippen MR) is 165 cm³/mol. The lowest BCUT2D eigenvalue weighted by Crippen LogP contribution is -2.46. The van der Waals surface area contributed by atoms with Gasteiger partial charge in [0.15, 0.2) is 0 Å². The molecule has 1 unspecified atom stereocenters. The Labute approximate surface area is 232 Å². The summed E-state index contributed by atoms with van der Waals surface area (Å²) in [7, 11) is 3.15. The van der Waals surface area contributed by atoms with E-state index in [1.54, 1.807) is 13.2 Å². The molecule has 2 rings (SSSR count). The minimum absolute atomic E-state index is 0.124. The number of allylic oxidation sites excluding steroid dienone is 5. The highest BCUT2D eigenvalue weighted by Gasteiger charge is 2.35. The minimum atomic E-state index is -0.772. The number of rotatable bonds is 12. The van der Waals surface area contributed by atoms with Crippen LogP contribution in [0.1, 0.15) is 71.4 Å². The molecule has 2 aromatic rings. The fourth-order valence-electron chi connectivity index (χ4n) is 3.52. The number of ether oxygens (including phenoxy) is 1. The maximum Gasteiger partial charge on any atom is 0.304 e. The fourth-order valence-corrected chi connectivity index (χ4v) is 3.52. The molecule has 0 saturated heterocycles. The SMILES string of the molecule is C=C/C=C\C=C/C.CCCC.CCCN(CCC(=O)O)C(C)(c1ccccc1)c1ccc(OC)cc1.CN. The molecule has 0 radical (unpaired) electrons. The van der Waals surface area contributed by atoms with Crippen LogP contribution in [0.4, 0.5) is 0 Å². The van der Waals surface area contributed by atoms with Gasteiger partial charge in [0, 0.05) is 6.54 Å². The number of aliphatic carboxylic acids is 1. The van der Waals surface area contributed by atoms with Gasteiger partial charge < -0.3 is 15.6 Å². The van der Waals surface area contributed by atoms with E-state index in [1.807, 2.05) is 61.6 Å². The van der Waals surface area contributed by atoms with Gasteiger partial charge in [0.2, 0.25) is 0 Å². The lowest BCUT2D eigenvalue weighted by atomic mass is 9.82. The van der Waals surface area contributed by atoms with Gasteiger partial charge >= 0.3 is 5.97 Å². The van der Waals surface area contributed by atoms with Gasteiger partial charge in [0.25, 0.3) is 0 Å². The highest BCUT2D eigenvalue weighted by molar-refractivity contribution is 5.66. The molecule has 0 spiro atoms. The van der Waals surface area contributed by atoms with Crippen molar-refractivity contribution < 1.29 is 14.6 Å². The summed E-state index contributed by atoms with van der Waals surface area (Å²) in [6.45, 7) is 15.5. The van der Waals surface area contributed by atoms with Crippen molar-refractivity contribution >= 4 is 5.97 Å². The normalized spacial score (nSPS) is 11.8. The number of nitrogens with two attached hydrogens (primary N) is 1. The Bertz CT molecular complexity index is 890. The third-order valence-electron chi connectivity index (χ3n) is 5.76. The van der Waals surface area contributed by atoms with Gasteiger partial charge in [-0.25, -0.2) is 0 Å². The summed E-state index contributed by atoms with van der Waals surface area (Å²) in [6, 6.07) is 18.3. The van der Waals surface area contributed by atoms with Crippen molar-refractivity contribution in [3.8, 4) is 5.75 Å². The van der Waals surface area contributed by atoms with Gasteiger partial charge in [-0.05, 0) is 57.1 Å². The van der Waals surface area contributed by atoms with E-state index in [0.29, 0.717) is 6.54 Å². The Hall–Kier alpha value is -3.15. The van der Waals surface area contributed by atoms with Gasteiger partial charge in [-0.2, -0.15) is 0 Å². The maximum atomic E-state index is 11.1. The zero-order chi connectivity index (χ0) is 29.2.